The van der Waals surface area contributed by atoms with Crippen LogP contribution in [0.1, 0.15) is 49.8 Å². The van der Waals surface area contributed by atoms with Gasteiger partial charge in [0.25, 0.3) is 5.91 Å². The number of nitrogens with zero attached hydrogens (tertiary/aromatic N) is 1. The molecule has 1 aliphatic heterocycles. The van der Waals surface area contributed by atoms with E-state index in [9.17, 15) is 24.3 Å². The van der Waals surface area contributed by atoms with Gasteiger partial charge in [-0.3, -0.25) is 14.9 Å². The van der Waals surface area contributed by atoms with Crippen molar-refractivity contribution in [2.75, 3.05) is 13.2 Å². The predicted molar refractivity (Wildman–Crippen MR) is 122 cm³/mol. The monoisotopic (exact) mass is 489 g/mol. The van der Waals surface area contributed by atoms with Crippen LogP contribution in [0.4, 0.5) is 4.79 Å². The number of nitrogens with one attached hydrogen (secondary N) is 2. The van der Waals surface area contributed by atoms with Gasteiger partial charge in [-0.1, -0.05) is 6.07 Å². The average Bonchev–Trinajstić information content (AvgIpc) is 3.44. The Morgan fingerprint density at radius 3 is 2.38 bits per heavy atom. The van der Waals surface area contributed by atoms with Crippen LogP contribution < -0.4 is 10.6 Å². The number of hydrogen-bond donors (Lipinski definition) is 3. The summed E-state index contributed by atoms with van der Waals surface area (Å²) >= 11 is 1.48. The maximum absolute atomic E-state index is 13.7. The van der Waals surface area contributed by atoms with Crippen molar-refractivity contribution in [3.8, 4) is 0 Å². The molecule has 6 rings (SSSR count). The molecule has 34 heavy (non-hydrogen) atoms. The highest BCUT2D eigenvalue weighted by Crippen LogP contribution is 2.60. The van der Waals surface area contributed by atoms with Gasteiger partial charge in [0.1, 0.15) is 6.04 Å². The lowest BCUT2D eigenvalue weighted by Crippen LogP contribution is -2.56. The summed E-state index contributed by atoms with van der Waals surface area (Å²) in [6.07, 6.45) is 5.52. The van der Waals surface area contributed by atoms with Gasteiger partial charge in [0, 0.05) is 17.8 Å². The van der Waals surface area contributed by atoms with Gasteiger partial charge >= 0.3 is 12.0 Å². The number of rotatable bonds is 6. The van der Waals surface area contributed by atoms with Crippen molar-refractivity contribution in [1.82, 2.24) is 15.5 Å². The summed E-state index contributed by atoms with van der Waals surface area (Å²) in [7, 11) is 0. The molecular formula is C24H31N3O6S. The van der Waals surface area contributed by atoms with Gasteiger partial charge in [0.05, 0.1) is 18.1 Å². The van der Waals surface area contributed by atoms with E-state index < -0.39 is 42.1 Å². The summed E-state index contributed by atoms with van der Waals surface area (Å²) in [5.41, 5.74) is -0.421. The van der Waals surface area contributed by atoms with Crippen LogP contribution in [-0.2, 0) is 25.7 Å². The van der Waals surface area contributed by atoms with E-state index in [-0.39, 0.29) is 25.4 Å². The van der Waals surface area contributed by atoms with Gasteiger partial charge in [-0.15, -0.1) is 11.3 Å². The second-order valence-electron chi connectivity index (χ2n) is 10.5. The molecule has 0 aromatic carbocycles. The lowest BCUT2D eigenvalue weighted by Gasteiger charge is -2.56. The third-order valence-corrected chi connectivity index (χ3v) is 8.78. The van der Waals surface area contributed by atoms with Crippen molar-refractivity contribution in [3.63, 3.8) is 0 Å². The third kappa shape index (κ3) is 4.70. The maximum atomic E-state index is 13.7. The molecule has 4 aliphatic carbocycles. The van der Waals surface area contributed by atoms with Gasteiger partial charge in [-0.05, 0) is 67.7 Å². The Morgan fingerprint density at radius 2 is 1.76 bits per heavy atom. The molecule has 0 radical (unpaired) electrons. The van der Waals surface area contributed by atoms with Crippen molar-refractivity contribution in [2.45, 2.75) is 63.6 Å². The summed E-state index contributed by atoms with van der Waals surface area (Å²) in [6, 6.07) is 2.14. The van der Waals surface area contributed by atoms with E-state index in [1.807, 2.05) is 17.5 Å². The molecule has 5 aliphatic rings. The summed E-state index contributed by atoms with van der Waals surface area (Å²) < 4.78 is 5.15. The first-order valence-electron chi connectivity index (χ1n) is 12.1. The van der Waals surface area contributed by atoms with Crippen LogP contribution in [0.2, 0.25) is 0 Å². The molecule has 10 heteroatoms. The van der Waals surface area contributed by atoms with E-state index in [0.717, 1.165) is 24.1 Å². The number of urea groups is 1. The zero-order valence-electron chi connectivity index (χ0n) is 19.0. The van der Waals surface area contributed by atoms with Crippen LogP contribution in [0.3, 0.4) is 0 Å². The minimum absolute atomic E-state index is 0.0393. The van der Waals surface area contributed by atoms with Crippen LogP contribution in [0.15, 0.2) is 17.5 Å². The molecule has 1 aromatic rings. The van der Waals surface area contributed by atoms with Gasteiger partial charge in [0.15, 0.2) is 6.61 Å². The number of carbonyl (C=O) groups is 4. The molecule has 4 saturated carbocycles. The Labute approximate surface area is 202 Å². The zero-order valence-corrected chi connectivity index (χ0v) is 19.9. The van der Waals surface area contributed by atoms with Crippen molar-refractivity contribution in [3.05, 3.63) is 22.4 Å². The number of esters is 1. The SMILES string of the molecule is O=C(COC(=O)[C@@H]1CC(O)CN1C(=O)C12CC3CC(CC(C3)C1)C2)NC(=O)NCc1cccs1. The van der Waals surface area contributed by atoms with Gasteiger partial charge in [0.2, 0.25) is 5.91 Å². The van der Waals surface area contributed by atoms with Gasteiger partial charge < -0.3 is 20.1 Å². The highest BCUT2D eigenvalue weighted by molar-refractivity contribution is 7.09. The number of aliphatic hydroxyl groups excluding tert-OH is 1. The van der Waals surface area contributed by atoms with Gasteiger partial charge in [-0.2, -0.15) is 0 Å². The van der Waals surface area contributed by atoms with Crippen LogP contribution in [-0.4, -0.2) is 59.1 Å². The zero-order chi connectivity index (χ0) is 23.9. The second kappa shape index (κ2) is 9.30. The Bertz CT molecular complexity index is 929. The van der Waals surface area contributed by atoms with E-state index >= 15 is 0 Å². The number of likely N-dealkylation sites (tertiary alicyclic amines) is 1. The summed E-state index contributed by atoms with van der Waals surface area (Å²) in [4.78, 5) is 52.9. The molecule has 1 aromatic heterocycles. The first-order valence-corrected chi connectivity index (χ1v) is 12.9. The number of β-amino-alcohol motifs (C(OH)–C–C–N with tert-alkyl or cyclic N) is 1. The number of carbonyl (C=O) groups excluding carboxylic acids is 4. The van der Waals surface area contributed by atoms with Crippen LogP contribution in [0, 0.1) is 23.2 Å². The van der Waals surface area contributed by atoms with E-state index in [0.29, 0.717) is 17.8 Å². The number of aliphatic hydroxyl groups is 1. The van der Waals surface area contributed by atoms with E-state index in [1.165, 1.54) is 35.5 Å². The molecule has 184 valence electrons. The molecule has 1 unspecified atom stereocenters. The van der Waals surface area contributed by atoms with Crippen molar-refractivity contribution >= 4 is 35.2 Å². The van der Waals surface area contributed by atoms with Crippen molar-refractivity contribution in [2.24, 2.45) is 23.2 Å². The smallest absolute Gasteiger partial charge is 0.329 e. The molecule has 5 fully saturated rings. The lowest BCUT2D eigenvalue weighted by molar-refractivity contribution is -0.166. The van der Waals surface area contributed by atoms with Crippen LogP contribution in [0.25, 0.3) is 0 Å². The number of ether oxygens (including phenoxy) is 1. The molecule has 4 amide bonds. The number of imide groups is 1. The number of hydrogen-bond acceptors (Lipinski definition) is 7. The summed E-state index contributed by atoms with van der Waals surface area (Å²) in [6.45, 7) is -0.229. The normalized spacial score (nSPS) is 33.6. The highest BCUT2D eigenvalue weighted by atomic mass is 32.1. The first kappa shape index (κ1) is 23.3. The number of thiophene rings is 1. The molecule has 4 bridgehead atoms. The minimum Gasteiger partial charge on any atom is -0.454 e. The van der Waals surface area contributed by atoms with Crippen molar-refractivity contribution < 1.29 is 29.0 Å². The fraction of sp³-hybridized carbons (Fsp3) is 0.667. The molecule has 0 spiro atoms. The fourth-order valence-electron chi connectivity index (χ4n) is 6.96. The van der Waals surface area contributed by atoms with Gasteiger partial charge in [-0.25, -0.2) is 9.59 Å². The summed E-state index contributed by atoms with van der Waals surface area (Å²) in [5.74, 6) is 0.245. The fourth-order valence-corrected chi connectivity index (χ4v) is 7.60. The molecular weight excluding hydrogens is 458 g/mol. The molecule has 2 heterocycles. The lowest BCUT2D eigenvalue weighted by atomic mass is 9.49. The van der Waals surface area contributed by atoms with E-state index in [4.69, 9.17) is 4.74 Å². The topological polar surface area (TPSA) is 125 Å². The molecule has 3 N–H and O–H groups in total. The van der Waals surface area contributed by atoms with Crippen molar-refractivity contribution in [1.29, 1.82) is 0 Å². The average molecular weight is 490 g/mol. The highest BCUT2D eigenvalue weighted by Gasteiger charge is 2.57. The van der Waals surface area contributed by atoms with Crippen LogP contribution in [0.5, 0.6) is 0 Å². The first-order chi connectivity index (χ1) is 16.3. The second-order valence-corrected chi connectivity index (χ2v) is 11.5. The quantitative estimate of drug-likeness (QED) is 0.524. The molecule has 9 nitrogen and oxygen atoms in total. The largest absolute Gasteiger partial charge is 0.454 e. The number of amides is 4. The summed E-state index contributed by atoms with van der Waals surface area (Å²) in [5, 5.41) is 16.8. The predicted octanol–water partition coefficient (Wildman–Crippen LogP) is 1.80. The Hall–Kier alpha value is -2.46. The Morgan fingerprint density at radius 1 is 1.09 bits per heavy atom. The maximum Gasteiger partial charge on any atom is 0.329 e. The third-order valence-electron chi connectivity index (χ3n) is 7.91. The van der Waals surface area contributed by atoms with E-state index in [2.05, 4.69) is 10.6 Å². The Balaban J connectivity index is 1.14. The van der Waals surface area contributed by atoms with E-state index in [1.54, 1.807) is 0 Å². The molecule has 2 atom stereocenters. The Kier molecular flexibility index (Phi) is 6.37. The molecule has 1 saturated heterocycles. The standard InChI is InChI=1S/C24H31N3O6S/c28-17-7-19(21(30)33-13-20(29)26-23(32)25-11-18-2-1-3-34-18)27(12-17)22(31)24-8-14-4-15(9-24)6-16(5-14)10-24/h1-3,14-17,19,28H,4-13H2,(H2,25,26,29,32)/t14?,15?,16?,17?,19-,24?/m0/s1. The minimum atomic E-state index is -0.907. The van der Waals surface area contributed by atoms with Crippen LogP contribution >= 0.6 is 11.3 Å².